The first-order chi connectivity index (χ1) is 11.4. The van der Waals surface area contributed by atoms with Gasteiger partial charge in [0.2, 0.25) is 10.0 Å². The molecule has 0 unspecified atom stereocenters. The van der Waals surface area contributed by atoms with Gasteiger partial charge in [-0.05, 0) is 35.9 Å². The largest absolute Gasteiger partial charge is 0.496 e. The molecule has 0 atom stereocenters. The molecule has 0 amide bonds. The van der Waals surface area contributed by atoms with Crippen LogP contribution < -0.4 is 9.46 Å². The molecule has 0 spiro atoms. The fourth-order valence-electron chi connectivity index (χ4n) is 2.03. The SMILES string of the molecule is COC(=O)c1cc(CNS(=O)(=O)c2cccc(Br)c2)ccc1OC. The Morgan fingerprint density at radius 2 is 1.92 bits per heavy atom. The highest BCUT2D eigenvalue weighted by Gasteiger charge is 2.16. The quantitative estimate of drug-likeness (QED) is 0.736. The predicted molar refractivity (Wildman–Crippen MR) is 92.5 cm³/mol. The van der Waals surface area contributed by atoms with Crippen molar-refractivity contribution in [1.82, 2.24) is 4.72 Å². The number of ether oxygens (including phenoxy) is 2. The smallest absolute Gasteiger partial charge is 0.341 e. The third-order valence-corrected chi connectivity index (χ3v) is 5.13. The molecule has 0 aliphatic carbocycles. The fourth-order valence-corrected chi connectivity index (χ4v) is 3.64. The van der Waals surface area contributed by atoms with Gasteiger partial charge in [-0.1, -0.05) is 28.1 Å². The summed E-state index contributed by atoms with van der Waals surface area (Å²) in [4.78, 5) is 11.9. The monoisotopic (exact) mass is 413 g/mol. The highest BCUT2D eigenvalue weighted by atomic mass is 79.9. The summed E-state index contributed by atoms with van der Waals surface area (Å²) in [6.07, 6.45) is 0. The van der Waals surface area contributed by atoms with Crippen LogP contribution in [0.1, 0.15) is 15.9 Å². The van der Waals surface area contributed by atoms with Crippen LogP contribution in [-0.2, 0) is 21.3 Å². The van der Waals surface area contributed by atoms with Gasteiger partial charge in [0.1, 0.15) is 11.3 Å². The lowest BCUT2D eigenvalue weighted by Crippen LogP contribution is -2.23. The van der Waals surface area contributed by atoms with Crippen LogP contribution in [0.5, 0.6) is 5.75 Å². The minimum atomic E-state index is -3.66. The molecule has 24 heavy (non-hydrogen) atoms. The third-order valence-electron chi connectivity index (χ3n) is 3.24. The van der Waals surface area contributed by atoms with E-state index in [0.29, 0.717) is 15.8 Å². The highest BCUT2D eigenvalue weighted by molar-refractivity contribution is 9.10. The van der Waals surface area contributed by atoms with Gasteiger partial charge in [0.05, 0.1) is 19.1 Å². The summed E-state index contributed by atoms with van der Waals surface area (Å²) < 4.78 is 37.6. The summed E-state index contributed by atoms with van der Waals surface area (Å²) in [5.41, 5.74) is 0.842. The molecule has 0 saturated carbocycles. The number of hydrogen-bond donors (Lipinski definition) is 1. The second-order valence-electron chi connectivity index (χ2n) is 4.81. The zero-order valence-corrected chi connectivity index (χ0v) is 15.5. The maximum atomic E-state index is 12.3. The van der Waals surface area contributed by atoms with Crippen LogP contribution in [0.4, 0.5) is 0 Å². The third kappa shape index (κ3) is 4.34. The molecule has 0 radical (unpaired) electrons. The van der Waals surface area contributed by atoms with E-state index >= 15 is 0 Å². The van der Waals surface area contributed by atoms with Gasteiger partial charge in [0, 0.05) is 11.0 Å². The zero-order valence-electron chi connectivity index (χ0n) is 13.1. The van der Waals surface area contributed by atoms with Crippen molar-refractivity contribution in [1.29, 1.82) is 0 Å². The predicted octanol–water partition coefficient (Wildman–Crippen LogP) is 2.72. The van der Waals surface area contributed by atoms with Crippen LogP contribution in [-0.4, -0.2) is 28.6 Å². The van der Waals surface area contributed by atoms with Gasteiger partial charge < -0.3 is 9.47 Å². The molecule has 0 fully saturated rings. The number of methoxy groups -OCH3 is 2. The van der Waals surface area contributed by atoms with Crippen LogP contribution >= 0.6 is 15.9 Å². The highest BCUT2D eigenvalue weighted by Crippen LogP contribution is 2.21. The Morgan fingerprint density at radius 1 is 1.17 bits per heavy atom. The Bertz CT molecular complexity index is 851. The van der Waals surface area contributed by atoms with Gasteiger partial charge in [-0.25, -0.2) is 17.9 Å². The van der Waals surface area contributed by atoms with Gasteiger partial charge >= 0.3 is 5.97 Å². The van der Waals surface area contributed by atoms with Crippen LogP contribution in [0.25, 0.3) is 0 Å². The lowest BCUT2D eigenvalue weighted by Gasteiger charge is -2.11. The summed E-state index contributed by atoms with van der Waals surface area (Å²) in [5.74, 6) is -0.191. The lowest BCUT2D eigenvalue weighted by atomic mass is 10.1. The van der Waals surface area contributed by atoms with Crippen molar-refractivity contribution in [3.63, 3.8) is 0 Å². The Hall–Kier alpha value is -1.90. The molecule has 2 aromatic carbocycles. The molecule has 0 aromatic heterocycles. The summed E-state index contributed by atoms with van der Waals surface area (Å²) in [7, 11) is -0.953. The number of carbonyl (C=O) groups is 1. The number of benzene rings is 2. The van der Waals surface area contributed by atoms with Crippen molar-refractivity contribution in [3.8, 4) is 5.75 Å². The molecule has 0 bridgehead atoms. The molecule has 0 aliphatic heterocycles. The minimum absolute atomic E-state index is 0.0306. The summed E-state index contributed by atoms with van der Waals surface area (Å²) in [5, 5.41) is 0. The average Bonchev–Trinajstić information content (AvgIpc) is 2.59. The first-order valence-electron chi connectivity index (χ1n) is 6.88. The van der Waals surface area contributed by atoms with Crippen LogP contribution in [0.3, 0.4) is 0 Å². The summed E-state index contributed by atoms with van der Waals surface area (Å²) >= 11 is 3.24. The van der Waals surface area contributed by atoms with E-state index in [2.05, 4.69) is 20.7 Å². The number of halogens is 1. The number of sulfonamides is 1. The maximum Gasteiger partial charge on any atom is 0.341 e. The van der Waals surface area contributed by atoms with Crippen molar-refractivity contribution in [2.45, 2.75) is 11.4 Å². The van der Waals surface area contributed by atoms with E-state index in [0.717, 1.165) is 0 Å². The van der Waals surface area contributed by atoms with E-state index in [4.69, 9.17) is 9.47 Å². The molecule has 0 saturated heterocycles. The molecular formula is C16H16BrNO5S. The van der Waals surface area contributed by atoms with Gasteiger partial charge in [-0.3, -0.25) is 0 Å². The van der Waals surface area contributed by atoms with Crippen molar-refractivity contribution in [3.05, 3.63) is 58.1 Å². The van der Waals surface area contributed by atoms with E-state index in [1.165, 1.54) is 32.4 Å². The Morgan fingerprint density at radius 3 is 2.54 bits per heavy atom. The van der Waals surface area contributed by atoms with E-state index < -0.39 is 16.0 Å². The van der Waals surface area contributed by atoms with Crippen molar-refractivity contribution < 1.29 is 22.7 Å². The number of esters is 1. The topological polar surface area (TPSA) is 81.7 Å². The number of carbonyl (C=O) groups excluding carboxylic acids is 1. The van der Waals surface area contributed by atoms with Crippen LogP contribution in [0.2, 0.25) is 0 Å². The maximum absolute atomic E-state index is 12.3. The molecule has 0 aliphatic rings. The molecule has 8 heteroatoms. The molecule has 6 nitrogen and oxygen atoms in total. The zero-order chi connectivity index (χ0) is 17.7. The minimum Gasteiger partial charge on any atom is -0.496 e. The van der Waals surface area contributed by atoms with Gasteiger partial charge in [0.25, 0.3) is 0 Å². The van der Waals surface area contributed by atoms with Crippen LogP contribution in [0.15, 0.2) is 51.8 Å². The van der Waals surface area contributed by atoms with E-state index in [9.17, 15) is 13.2 Å². The normalized spacial score (nSPS) is 11.1. The Kier molecular flexibility index (Phi) is 5.98. The summed E-state index contributed by atoms with van der Waals surface area (Å²) in [6, 6.07) is 11.2. The number of nitrogens with one attached hydrogen (secondary N) is 1. The molecule has 0 heterocycles. The molecule has 2 aromatic rings. The van der Waals surface area contributed by atoms with Crippen molar-refractivity contribution in [2.24, 2.45) is 0 Å². The summed E-state index contributed by atoms with van der Waals surface area (Å²) in [6.45, 7) is 0.0306. The van der Waals surface area contributed by atoms with Crippen molar-refractivity contribution in [2.75, 3.05) is 14.2 Å². The molecule has 128 valence electrons. The van der Waals surface area contributed by atoms with Gasteiger partial charge in [-0.2, -0.15) is 0 Å². The first kappa shape index (κ1) is 18.4. The van der Waals surface area contributed by atoms with E-state index in [1.807, 2.05) is 0 Å². The van der Waals surface area contributed by atoms with E-state index in [1.54, 1.807) is 24.3 Å². The van der Waals surface area contributed by atoms with Crippen LogP contribution in [0, 0.1) is 0 Å². The Balaban J connectivity index is 2.21. The average molecular weight is 414 g/mol. The number of rotatable bonds is 6. The first-order valence-corrected chi connectivity index (χ1v) is 9.15. The van der Waals surface area contributed by atoms with Gasteiger partial charge in [-0.15, -0.1) is 0 Å². The molecular weight excluding hydrogens is 398 g/mol. The molecule has 2 rings (SSSR count). The Labute approximate surface area is 149 Å². The number of hydrogen-bond acceptors (Lipinski definition) is 5. The second kappa shape index (κ2) is 7.78. The fraction of sp³-hybridized carbons (Fsp3) is 0.188. The van der Waals surface area contributed by atoms with Gasteiger partial charge in [0.15, 0.2) is 0 Å². The second-order valence-corrected chi connectivity index (χ2v) is 7.49. The lowest BCUT2D eigenvalue weighted by molar-refractivity contribution is 0.0597. The standard InChI is InChI=1S/C16H16BrNO5S/c1-22-15-7-6-11(8-14(15)16(19)23-2)10-18-24(20,21)13-5-3-4-12(17)9-13/h3-9,18H,10H2,1-2H3. The van der Waals surface area contributed by atoms with Crippen molar-refractivity contribution >= 4 is 31.9 Å². The van der Waals surface area contributed by atoms with E-state index in [-0.39, 0.29) is 17.0 Å². The molecule has 1 N–H and O–H groups in total.